The van der Waals surface area contributed by atoms with Crippen molar-refractivity contribution >= 4 is 17.7 Å². The number of hydrogen-bond acceptors (Lipinski definition) is 3. The van der Waals surface area contributed by atoms with Gasteiger partial charge in [-0.25, -0.2) is 0 Å². The van der Waals surface area contributed by atoms with Gasteiger partial charge in [-0.05, 0) is 5.41 Å². The van der Waals surface area contributed by atoms with Gasteiger partial charge in [-0.1, -0.05) is 41.5 Å². The molecule has 0 bridgehead atoms. The first-order valence-corrected chi connectivity index (χ1v) is 6.59. The number of hydrogen-bond donors (Lipinski definition) is 2. The van der Waals surface area contributed by atoms with Gasteiger partial charge in [0.1, 0.15) is 0 Å². The van der Waals surface area contributed by atoms with Crippen molar-refractivity contribution in [3.63, 3.8) is 0 Å². The largest absolute Gasteiger partial charge is 0.391 e. The molecule has 1 atom stereocenters. The molecule has 16 heavy (non-hydrogen) atoms. The molecule has 1 unspecified atom stereocenters. The number of rotatable bonds is 4. The molecule has 0 aliphatic carbocycles. The lowest BCUT2D eigenvalue weighted by Gasteiger charge is -2.26. The standard InChI is InChI=1S/C12H25NO2S/c1-11(2,3)9(14)7-13-10(15)8-16-12(4,5)6/h9,14H,7-8H2,1-6H3,(H,13,15). The maximum atomic E-state index is 11.5. The second-order valence-electron chi connectivity index (χ2n) is 6.09. The van der Waals surface area contributed by atoms with Crippen LogP contribution in [0.2, 0.25) is 0 Å². The van der Waals surface area contributed by atoms with E-state index in [0.29, 0.717) is 12.3 Å². The highest BCUT2D eigenvalue weighted by atomic mass is 32.2. The molecular formula is C12H25NO2S. The zero-order valence-electron chi connectivity index (χ0n) is 11.3. The lowest BCUT2D eigenvalue weighted by molar-refractivity contribution is -0.119. The van der Waals surface area contributed by atoms with Gasteiger partial charge < -0.3 is 10.4 Å². The SMILES string of the molecule is CC(C)(C)SCC(=O)NCC(O)C(C)(C)C. The smallest absolute Gasteiger partial charge is 0.230 e. The van der Waals surface area contributed by atoms with Crippen LogP contribution in [0.3, 0.4) is 0 Å². The Labute approximate surface area is 103 Å². The van der Waals surface area contributed by atoms with E-state index in [1.807, 2.05) is 20.8 Å². The highest BCUT2D eigenvalue weighted by Crippen LogP contribution is 2.22. The van der Waals surface area contributed by atoms with Crippen molar-refractivity contribution in [3.8, 4) is 0 Å². The second-order valence-corrected chi connectivity index (χ2v) is 7.89. The van der Waals surface area contributed by atoms with Gasteiger partial charge in [-0.15, -0.1) is 11.8 Å². The molecule has 0 spiro atoms. The zero-order valence-corrected chi connectivity index (χ0v) is 12.1. The minimum absolute atomic E-state index is 0.0109. The predicted molar refractivity (Wildman–Crippen MR) is 70.7 cm³/mol. The maximum Gasteiger partial charge on any atom is 0.230 e. The van der Waals surface area contributed by atoms with Crippen LogP contribution in [0.5, 0.6) is 0 Å². The number of nitrogens with one attached hydrogen (secondary N) is 1. The summed E-state index contributed by atoms with van der Waals surface area (Å²) >= 11 is 1.61. The van der Waals surface area contributed by atoms with Gasteiger partial charge in [-0.2, -0.15) is 0 Å². The van der Waals surface area contributed by atoms with Crippen LogP contribution >= 0.6 is 11.8 Å². The molecule has 0 fully saturated rings. The van der Waals surface area contributed by atoms with Crippen LogP contribution in [-0.2, 0) is 4.79 Å². The van der Waals surface area contributed by atoms with Gasteiger partial charge in [0.2, 0.25) is 5.91 Å². The summed E-state index contributed by atoms with van der Waals surface area (Å²) in [5.41, 5.74) is -0.190. The van der Waals surface area contributed by atoms with Crippen molar-refractivity contribution in [1.29, 1.82) is 0 Å². The number of thioether (sulfide) groups is 1. The Morgan fingerprint density at radius 1 is 1.25 bits per heavy atom. The Hall–Kier alpha value is -0.220. The van der Waals surface area contributed by atoms with E-state index in [9.17, 15) is 9.90 Å². The van der Waals surface area contributed by atoms with Crippen molar-refractivity contribution in [2.24, 2.45) is 5.41 Å². The molecule has 0 rings (SSSR count). The van der Waals surface area contributed by atoms with E-state index in [-0.39, 0.29) is 16.1 Å². The molecule has 3 nitrogen and oxygen atoms in total. The van der Waals surface area contributed by atoms with Crippen molar-refractivity contribution in [2.75, 3.05) is 12.3 Å². The predicted octanol–water partition coefficient (Wildman–Crippen LogP) is 2.04. The summed E-state index contributed by atoms with van der Waals surface area (Å²) < 4.78 is 0.0972. The molecular weight excluding hydrogens is 222 g/mol. The Kier molecular flexibility index (Phi) is 5.84. The summed E-state index contributed by atoms with van der Waals surface area (Å²) in [6.07, 6.45) is -0.504. The molecule has 4 heteroatoms. The molecule has 0 saturated heterocycles. The van der Waals surface area contributed by atoms with E-state index in [1.54, 1.807) is 11.8 Å². The Morgan fingerprint density at radius 2 is 1.75 bits per heavy atom. The second kappa shape index (κ2) is 5.92. The summed E-state index contributed by atoms with van der Waals surface area (Å²) in [4.78, 5) is 11.5. The summed E-state index contributed by atoms with van der Waals surface area (Å²) in [6.45, 7) is 12.4. The maximum absolute atomic E-state index is 11.5. The van der Waals surface area contributed by atoms with Gasteiger partial charge in [0.25, 0.3) is 0 Å². The van der Waals surface area contributed by atoms with Gasteiger partial charge >= 0.3 is 0 Å². The Balaban J connectivity index is 3.83. The summed E-state index contributed by atoms with van der Waals surface area (Å²) in [7, 11) is 0. The van der Waals surface area contributed by atoms with Gasteiger partial charge in [0.05, 0.1) is 11.9 Å². The van der Waals surface area contributed by atoms with E-state index >= 15 is 0 Å². The van der Waals surface area contributed by atoms with Crippen LogP contribution in [0.1, 0.15) is 41.5 Å². The average Bonchev–Trinajstić information content (AvgIpc) is 2.08. The minimum Gasteiger partial charge on any atom is -0.391 e. The lowest BCUT2D eigenvalue weighted by atomic mass is 9.89. The molecule has 0 aromatic heterocycles. The lowest BCUT2D eigenvalue weighted by Crippen LogP contribution is -2.40. The van der Waals surface area contributed by atoms with Crippen molar-refractivity contribution < 1.29 is 9.90 Å². The number of carbonyl (C=O) groups excluding carboxylic acids is 1. The topological polar surface area (TPSA) is 49.3 Å². The van der Waals surface area contributed by atoms with Crippen LogP contribution in [0.25, 0.3) is 0 Å². The third-order valence-electron chi connectivity index (χ3n) is 2.13. The minimum atomic E-state index is -0.504. The highest BCUT2D eigenvalue weighted by molar-refractivity contribution is 8.01. The zero-order chi connectivity index (χ0) is 13.0. The fourth-order valence-corrected chi connectivity index (χ4v) is 1.52. The van der Waals surface area contributed by atoms with E-state index in [0.717, 1.165) is 0 Å². The number of aliphatic hydroxyl groups is 1. The molecule has 1 amide bonds. The molecule has 0 heterocycles. The molecule has 0 saturated carbocycles. The Morgan fingerprint density at radius 3 is 2.12 bits per heavy atom. The monoisotopic (exact) mass is 247 g/mol. The van der Waals surface area contributed by atoms with Crippen LogP contribution in [0.15, 0.2) is 0 Å². The first kappa shape index (κ1) is 15.8. The fourth-order valence-electron chi connectivity index (χ4n) is 0.850. The van der Waals surface area contributed by atoms with Crippen LogP contribution in [0, 0.1) is 5.41 Å². The Bertz CT molecular complexity index is 228. The van der Waals surface area contributed by atoms with Crippen LogP contribution in [0.4, 0.5) is 0 Å². The molecule has 0 aliphatic rings. The van der Waals surface area contributed by atoms with E-state index in [2.05, 4.69) is 26.1 Å². The number of aliphatic hydroxyl groups excluding tert-OH is 1. The van der Waals surface area contributed by atoms with Gasteiger partial charge in [-0.3, -0.25) is 4.79 Å². The normalized spacial score (nSPS) is 14.7. The first-order chi connectivity index (χ1) is 7.02. The summed E-state index contributed by atoms with van der Waals surface area (Å²) in [5.74, 6) is 0.434. The van der Waals surface area contributed by atoms with Crippen molar-refractivity contribution in [3.05, 3.63) is 0 Å². The molecule has 2 N–H and O–H groups in total. The van der Waals surface area contributed by atoms with Crippen molar-refractivity contribution in [1.82, 2.24) is 5.32 Å². The van der Waals surface area contributed by atoms with E-state index in [1.165, 1.54) is 0 Å². The molecule has 0 aliphatic heterocycles. The van der Waals surface area contributed by atoms with Crippen molar-refractivity contribution in [2.45, 2.75) is 52.4 Å². The summed E-state index contributed by atoms with van der Waals surface area (Å²) in [5, 5.41) is 12.5. The molecule has 0 aromatic carbocycles. The third-order valence-corrected chi connectivity index (χ3v) is 3.40. The number of carbonyl (C=O) groups is 1. The van der Waals surface area contributed by atoms with Crippen LogP contribution < -0.4 is 5.32 Å². The van der Waals surface area contributed by atoms with Gasteiger partial charge in [0, 0.05) is 11.3 Å². The van der Waals surface area contributed by atoms with E-state index < -0.39 is 6.10 Å². The first-order valence-electron chi connectivity index (χ1n) is 5.61. The third kappa shape index (κ3) is 7.99. The average molecular weight is 247 g/mol. The quantitative estimate of drug-likeness (QED) is 0.799. The summed E-state index contributed by atoms with van der Waals surface area (Å²) in [6, 6.07) is 0. The molecule has 0 aromatic rings. The number of amides is 1. The molecule has 0 radical (unpaired) electrons. The fraction of sp³-hybridized carbons (Fsp3) is 0.917. The molecule has 96 valence electrons. The van der Waals surface area contributed by atoms with Gasteiger partial charge in [0.15, 0.2) is 0 Å². The van der Waals surface area contributed by atoms with E-state index in [4.69, 9.17) is 0 Å². The highest BCUT2D eigenvalue weighted by Gasteiger charge is 2.22. The van der Waals surface area contributed by atoms with Crippen LogP contribution in [-0.4, -0.2) is 34.2 Å².